The van der Waals surface area contributed by atoms with E-state index in [2.05, 4.69) is 17.1 Å². The van der Waals surface area contributed by atoms with Crippen molar-refractivity contribution in [2.24, 2.45) is 4.99 Å². The average Bonchev–Trinajstić information content (AvgIpc) is 2.68. The van der Waals surface area contributed by atoms with E-state index in [-0.39, 0.29) is 0 Å². The third-order valence-electron chi connectivity index (χ3n) is 3.64. The second-order valence-corrected chi connectivity index (χ2v) is 5.53. The van der Waals surface area contributed by atoms with Gasteiger partial charge in [0.1, 0.15) is 18.1 Å². The lowest BCUT2D eigenvalue weighted by molar-refractivity contribution is 0.306. The summed E-state index contributed by atoms with van der Waals surface area (Å²) in [5.41, 5.74) is 3.08. The van der Waals surface area contributed by atoms with E-state index in [1.165, 1.54) is 0 Å². The van der Waals surface area contributed by atoms with Gasteiger partial charge in [0.05, 0.1) is 12.3 Å². The van der Waals surface area contributed by atoms with Crippen LogP contribution in [0.2, 0.25) is 0 Å². The van der Waals surface area contributed by atoms with Crippen molar-refractivity contribution in [3.8, 4) is 11.5 Å². The molecule has 0 radical (unpaired) electrons. The molecule has 0 amide bonds. The number of hydrogen-bond acceptors (Lipinski definition) is 3. The monoisotopic (exact) mass is 331 g/mol. The van der Waals surface area contributed by atoms with Crippen LogP contribution in [-0.2, 0) is 6.61 Å². The molecule has 126 valence electrons. The third kappa shape index (κ3) is 5.21. The van der Waals surface area contributed by atoms with Gasteiger partial charge >= 0.3 is 0 Å². The molecule has 0 spiro atoms. The van der Waals surface area contributed by atoms with Crippen LogP contribution in [0.25, 0.3) is 0 Å². The summed E-state index contributed by atoms with van der Waals surface area (Å²) in [7, 11) is 0. The molecule has 3 aromatic carbocycles. The molecule has 3 aromatic rings. The first-order chi connectivity index (χ1) is 12.3. The summed E-state index contributed by atoms with van der Waals surface area (Å²) in [6.45, 7) is 3.21. The molecule has 0 aliphatic rings. The standard InChI is InChI=1S/C22H21NO2/c1-2-24-21-14-10-20(11-15-21)23-16-18-8-12-22(13-9-18)25-17-19-6-4-3-5-7-19/h3-16H,2,17H2,1H3. The van der Waals surface area contributed by atoms with Gasteiger partial charge in [0.2, 0.25) is 0 Å². The molecule has 0 saturated heterocycles. The van der Waals surface area contributed by atoms with E-state index in [9.17, 15) is 0 Å². The second kappa shape index (κ2) is 8.69. The van der Waals surface area contributed by atoms with Crippen LogP contribution >= 0.6 is 0 Å². The van der Waals surface area contributed by atoms with E-state index in [0.29, 0.717) is 13.2 Å². The largest absolute Gasteiger partial charge is 0.494 e. The Morgan fingerprint density at radius 2 is 1.40 bits per heavy atom. The van der Waals surface area contributed by atoms with E-state index in [1.807, 2.05) is 79.9 Å². The minimum absolute atomic E-state index is 0.570. The maximum absolute atomic E-state index is 5.79. The molecule has 0 saturated carbocycles. The molecule has 3 heteroatoms. The van der Waals surface area contributed by atoms with Crippen molar-refractivity contribution >= 4 is 11.9 Å². The highest BCUT2D eigenvalue weighted by atomic mass is 16.5. The Kier molecular flexibility index (Phi) is 5.83. The van der Waals surface area contributed by atoms with Crippen LogP contribution in [0.3, 0.4) is 0 Å². The van der Waals surface area contributed by atoms with Crippen LogP contribution in [0, 0.1) is 0 Å². The lowest BCUT2D eigenvalue weighted by atomic mass is 10.2. The van der Waals surface area contributed by atoms with Crippen LogP contribution in [0.15, 0.2) is 83.9 Å². The zero-order chi connectivity index (χ0) is 17.3. The Morgan fingerprint density at radius 1 is 0.760 bits per heavy atom. The van der Waals surface area contributed by atoms with Crippen LogP contribution in [-0.4, -0.2) is 12.8 Å². The molecule has 0 heterocycles. The molecule has 0 aliphatic heterocycles. The molecule has 25 heavy (non-hydrogen) atoms. The fraction of sp³-hybridized carbons (Fsp3) is 0.136. The van der Waals surface area contributed by atoms with Gasteiger partial charge in [-0.2, -0.15) is 0 Å². The number of ether oxygens (including phenoxy) is 2. The summed E-state index contributed by atoms with van der Waals surface area (Å²) in [5.74, 6) is 1.71. The first-order valence-corrected chi connectivity index (χ1v) is 8.37. The van der Waals surface area contributed by atoms with Crippen molar-refractivity contribution < 1.29 is 9.47 Å². The molecule has 0 atom stereocenters. The molecule has 0 aliphatic carbocycles. The van der Waals surface area contributed by atoms with E-state index in [4.69, 9.17) is 9.47 Å². The first kappa shape index (κ1) is 16.8. The molecule has 0 aromatic heterocycles. The molecular weight excluding hydrogens is 310 g/mol. The van der Waals surface area contributed by atoms with Crippen LogP contribution in [0.4, 0.5) is 5.69 Å². The minimum atomic E-state index is 0.570. The van der Waals surface area contributed by atoms with Gasteiger partial charge in [-0.25, -0.2) is 0 Å². The normalized spacial score (nSPS) is 10.8. The number of aliphatic imine (C=N–C) groups is 1. The van der Waals surface area contributed by atoms with Gasteiger partial charge in [-0.1, -0.05) is 30.3 Å². The molecular formula is C22H21NO2. The van der Waals surface area contributed by atoms with Crippen molar-refractivity contribution in [3.05, 3.63) is 90.0 Å². The Balaban J connectivity index is 1.56. The quantitative estimate of drug-likeness (QED) is 0.542. The lowest BCUT2D eigenvalue weighted by Gasteiger charge is -2.06. The highest BCUT2D eigenvalue weighted by molar-refractivity contribution is 5.82. The molecule has 0 unspecified atom stereocenters. The summed E-state index contributed by atoms with van der Waals surface area (Å²) in [6, 6.07) is 25.8. The van der Waals surface area contributed by atoms with E-state index >= 15 is 0 Å². The Bertz CT molecular complexity index is 794. The maximum atomic E-state index is 5.79. The summed E-state index contributed by atoms with van der Waals surface area (Å²) in [4.78, 5) is 4.48. The van der Waals surface area contributed by atoms with Crippen LogP contribution in [0.5, 0.6) is 11.5 Å². The van der Waals surface area contributed by atoms with Gasteiger partial charge in [0.15, 0.2) is 0 Å². The van der Waals surface area contributed by atoms with Gasteiger partial charge in [-0.3, -0.25) is 4.99 Å². The Morgan fingerprint density at radius 3 is 2.08 bits per heavy atom. The summed E-state index contributed by atoms with van der Waals surface area (Å²) >= 11 is 0. The van der Waals surface area contributed by atoms with Gasteiger partial charge < -0.3 is 9.47 Å². The van der Waals surface area contributed by atoms with Gasteiger partial charge in [0, 0.05) is 6.21 Å². The van der Waals surface area contributed by atoms with Crippen molar-refractivity contribution in [1.82, 2.24) is 0 Å². The predicted molar refractivity (Wildman–Crippen MR) is 102 cm³/mol. The fourth-order valence-electron chi connectivity index (χ4n) is 2.34. The van der Waals surface area contributed by atoms with Crippen molar-refractivity contribution in [1.29, 1.82) is 0 Å². The molecule has 3 rings (SSSR count). The van der Waals surface area contributed by atoms with Gasteiger partial charge in [-0.15, -0.1) is 0 Å². The molecule has 0 fully saturated rings. The Labute approximate surface area is 148 Å². The zero-order valence-electron chi connectivity index (χ0n) is 14.3. The summed E-state index contributed by atoms with van der Waals surface area (Å²) in [6.07, 6.45) is 1.84. The van der Waals surface area contributed by atoms with Crippen LogP contribution < -0.4 is 9.47 Å². The zero-order valence-corrected chi connectivity index (χ0v) is 14.3. The van der Waals surface area contributed by atoms with Gasteiger partial charge in [0.25, 0.3) is 0 Å². The number of rotatable bonds is 7. The highest BCUT2D eigenvalue weighted by Gasteiger charge is 1.96. The first-order valence-electron chi connectivity index (χ1n) is 8.37. The third-order valence-corrected chi connectivity index (χ3v) is 3.64. The fourth-order valence-corrected chi connectivity index (χ4v) is 2.34. The van der Waals surface area contributed by atoms with E-state index in [1.54, 1.807) is 0 Å². The highest BCUT2D eigenvalue weighted by Crippen LogP contribution is 2.18. The number of benzene rings is 3. The lowest BCUT2D eigenvalue weighted by Crippen LogP contribution is -1.94. The van der Waals surface area contributed by atoms with Crippen molar-refractivity contribution in [2.45, 2.75) is 13.5 Å². The minimum Gasteiger partial charge on any atom is -0.494 e. The number of hydrogen-bond donors (Lipinski definition) is 0. The van der Waals surface area contributed by atoms with Crippen molar-refractivity contribution in [2.75, 3.05) is 6.61 Å². The molecule has 3 nitrogen and oxygen atoms in total. The Hall–Kier alpha value is -3.07. The van der Waals surface area contributed by atoms with Crippen LogP contribution in [0.1, 0.15) is 18.1 Å². The summed E-state index contributed by atoms with van der Waals surface area (Å²) in [5, 5.41) is 0. The topological polar surface area (TPSA) is 30.8 Å². The molecule has 0 bridgehead atoms. The molecule has 0 N–H and O–H groups in total. The second-order valence-electron chi connectivity index (χ2n) is 5.53. The summed E-state index contributed by atoms with van der Waals surface area (Å²) < 4.78 is 11.2. The van der Waals surface area contributed by atoms with E-state index in [0.717, 1.165) is 28.3 Å². The van der Waals surface area contributed by atoms with Gasteiger partial charge in [-0.05, 0) is 66.6 Å². The van der Waals surface area contributed by atoms with Crippen molar-refractivity contribution in [3.63, 3.8) is 0 Å². The smallest absolute Gasteiger partial charge is 0.119 e. The number of nitrogens with zero attached hydrogens (tertiary/aromatic N) is 1. The predicted octanol–water partition coefficient (Wildman–Crippen LogP) is 5.41. The SMILES string of the molecule is CCOc1ccc(N=Cc2ccc(OCc3ccccc3)cc2)cc1. The maximum Gasteiger partial charge on any atom is 0.119 e. The van der Waals surface area contributed by atoms with E-state index < -0.39 is 0 Å². The average molecular weight is 331 g/mol.